The molecular formula is C20H27N5O2. The Bertz CT molecular complexity index is 797. The molecule has 4 rings (SSSR count). The summed E-state index contributed by atoms with van der Waals surface area (Å²) in [6.07, 6.45) is 2.23. The number of aromatic nitrogens is 2. The van der Waals surface area contributed by atoms with E-state index in [9.17, 15) is 9.90 Å². The number of hydrogen-bond donors (Lipinski definition) is 2. The number of benzene rings is 1. The van der Waals surface area contributed by atoms with E-state index < -0.39 is 0 Å². The van der Waals surface area contributed by atoms with Gasteiger partial charge in [0.25, 0.3) is 0 Å². The number of fused-ring (bicyclic) bond motifs is 1. The fourth-order valence-corrected chi connectivity index (χ4v) is 4.00. The van der Waals surface area contributed by atoms with Gasteiger partial charge in [0.1, 0.15) is 5.75 Å². The summed E-state index contributed by atoms with van der Waals surface area (Å²) in [5, 5.41) is 9.85. The average Bonchev–Trinajstić information content (AvgIpc) is 3.15. The molecule has 0 saturated carbocycles. The summed E-state index contributed by atoms with van der Waals surface area (Å²) >= 11 is 0. The standard InChI is InChI=1S/C20H27N5O2/c1-23-7-9-24(10-8-23)6-5-19(27)25-12-17(15-3-2-4-16(26)11-15)20-18(13-25)21-14-22-20/h2-4,11,14,17,26H,5-10,12-13H2,1H3,(H,21,22). The molecule has 1 amide bonds. The molecule has 1 saturated heterocycles. The maximum Gasteiger partial charge on any atom is 0.224 e. The van der Waals surface area contributed by atoms with Crippen molar-refractivity contribution in [1.82, 2.24) is 24.7 Å². The molecule has 0 bridgehead atoms. The SMILES string of the molecule is CN1CCN(CCC(=O)N2Cc3[nH]cnc3C(c3cccc(O)c3)C2)CC1. The van der Waals surface area contributed by atoms with Crippen molar-refractivity contribution in [2.24, 2.45) is 0 Å². The maximum atomic E-state index is 12.9. The number of carbonyl (C=O) groups excluding carboxylic acids is 1. The van der Waals surface area contributed by atoms with Gasteiger partial charge in [0, 0.05) is 51.6 Å². The monoisotopic (exact) mass is 369 g/mol. The number of hydrogen-bond acceptors (Lipinski definition) is 5. The highest BCUT2D eigenvalue weighted by Crippen LogP contribution is 2.33. The second-order valence-electron chi connectivity index (χ2n) is 7.58. The molecule has 0 aliphatic carbocycles. The Morgan fingerprint density at radius 2 is 2.11 bits per heavy atom. The number of nitrogens with one attached hydrogen (secondary N) is 1. The fourth-order valence-electron chi connectivity index (χ4n) is 4.00. The van der Waals surface area contributed by atoms with Crippen molar-refractivity contribution in [1.29, 1.82) is 0 Å². The van der Waals surface area contributed by atoms with Crippen molar-refractivity contribution in [3.63, 3.8) is 0 Å². The van der Waals surface area contributed by atoms with Crippen LogP contribution in [0.3, 0.4) is 0 Å². The highest BCUT2D eigenvalue weighted by molar-refractivity contribution is 5.77. The highest BCUT2D eigenvalue weighted by Gasteiger charge is 2.31. The van der Waals surface area contributed by atoms with Crippen molar-refractivity contribution >= 4 is 5.91 Å². The van der Waals surface area contributed by atoms with E-state index in [0.717, 1.165) is 49.7 Å². The lowest BCUT2D eigenvalue weighted by atomic mass is 9.90. The molecule has 2 aromatic rings. The Hall–Kier alpha value is -2.38. The zero-order chi connectivity index (χ0) is 18.8. The van der Waals surface area contributed by atoms with Crippen molar-refractivity contribution in [2.45, 2.75) is 18.9 Å². The van der Waals surface area contributed by atoms with Crippen molar-refractivity contribution in [3.8, 4) is 5.75 Å². The predicted octanol–water partition coefficient (Wildman–Crippen LogP) is 1.23. The van der Waals surface area contributed by atoms with E-state index in [2.05, 4.69) is 26.8 Å². The number of carbonyl (C=O) groups is 1. The molecule has 1 aromatic heterocycles. The smallest absolute Gasteiger partial charge is 0.224 e. The first-order valence-electron chi connectivity index (χ1n) is 9.60. The van der Waals surface area contributed by atoms with Crippen LogP contribution in [0.2, 0.25) is 0 Å². The molecule has 1 atom stereocenters. The third kappa shape index (κ3) is 3.99. The Balaban J connectivity index is 1.44. The summed E-state index contributed by atoms with van der Waals surface area (Å²) in [5.41, 5.74) is 2.95. The molecule has 1 fully saturated rings. The second-order valence-corrected chi connectivity index (χ2v) is 7.58. The predicted molar refractivity (Wildman–Crippen MR) is 103 cm³/mol. The normalized spacial score (nSPS) is 21.2. The first-order valence-corrected chi connectivity index (χ1v) is 9.60. The molecule has 2 aliphatic heterocycles. The number of aromatic hydroxyl groups is 1. The summed E-state index contributed by atoms with van der Waals surface area (Å²) in [6, 6.07) is 7.25. The summed E-state index contributed by atoms with van der Waals surface area (Å²) in [4.78, 5) is 27.2. The van der Waals surface area contributed by atoms with Crippen LogP contribution in [0.5, 0.6) is 5.75 Å². The van der Waals surface area contributed by atoms with Crippen LogP contribution in [-0.4, -0.2) is 82.0 Å². The lowest BCUT2D eigenvalue weighted by Crippen LogP contribution is -2.46. The molecule has 1 unspecified atom stereocenters. The Morgan fingerprint density at radius 1 is 1.30 bits per heavy atom. The highest BCUT2D eigenvalue weighted by atomic mass is 16.3. The topological polar surface area (TPSA) is 75.7 Å². The van der Waals surface area contributed by atoms with E-state index in [1.807, 2.05) is 17.0 Å². The zero-order valence-corrected chi connectivity index (χ0v) is 15.8. The molecule has 144 valence electrons. The Labute approximate surface area is 159 Å². The van der Waals surface area contributed by atoms with Gasteiger partial charge in [0.2, 0.25) is 5.91 Å². The Kier molecular flexibility index (Phi) is 5.13. The largest absolute Gasteiger partial charge is 0.508 e. The van der Waals surface area contributed by atoms with Gasteiger partial charge in [-0.1, -0.05) is 12.1 Å². The number of likely N-dealkylation sites (N-methyl/N-ethyl adjacent to an activating group) is 1. The van der Waals surface area contributed by atoms with Crippen LogP contribution in [0.15, 0.2) is 30.6 Å². The van der Waals surface area contributed by atoms with Crippen molar-refractivity contribution in [3.05, 3.63) is 47.5 Å². The minimum Gasteiger partial charge on any atom is -0.508 e. The zero-order valence-electron chi connectivity index (χ0n) is 15.8. The number of rotatable bonds is 4. The molecule has 2 aliphatic rings. The minimum atomic E-state index is -0.0142. The number of aromatic amines is 1. The summed E-state index contributed by atoms with van der Waals surface area (Å²) < 4.78 is 0. The van der Waals surface area contributed by atoms with E-state index in [1.54, 1.807) is 18.5 Å². The molecular weight excluding hydrogens is 342 g/mol. The number of imidazole rings is 1. The van der Waals surface area contributed by atoms with E-state index >= 15 is 0 Å². The van der Waals surface area contributed by atoms with Crippen LogP contribution in [0.25, 0.3) is 0 Å². The second kappa shape index (κ2) is 7.70. The van der Waals surface area contributed by atoms with Crippen LogP contribution in [0, 0.1) is 0 Å². The lowest BCUT2D eigenvalue weighted by Gasteiger charge is -2.34. The van der Waals surface area contributed by atoms with Crippen LogP contribution in [0.1, 0.15) is 29.3 Å². The number of amides is 1. The Morgan fingerprint density at radius 3 is 2.89 bits per heavy atom. The van der Waals surface area contributed by atoms with Gasteiger partial charge in [0.05, 0.1) is 24.3 Å². The number of H-pyrrole nitrogens is 1. The van der Waals surface area contributed by atoms with E-state index in [0.29, 0.717) is 19.5 Å². The number of phenolic OH excluding ortho intramolecular Hbond substituents is 1. The van der Waals surface area contributed by atoms with Gasteiger partial charge in [-0.15, -0.1) is 0 Å². The molecule has 7 nitrogen and oxygen atoms in total. The summed E-state index contributed by atoms with van der Waals surface area (Å²) in [5.74, 6) is 0.405. The van der Waals surface area contributed by atoms with Gasteiger partial charge in [-0.05, 0) is 24.7 Å². The molecule has 0 spiro atoms. The third-order valence-corrected chi connectivity index (χ3v) is 5.70. The maximum absolute atomic E-state index is 12.9. The fraction of sp³-hybridized carbons (Fsp3) is 0.500. The molecule has 27 heavy (non-hydrogen) atoms. The first-order chi connectivity index (χ1) is 13.1. The van der Waals surface area contributed by atoms with Gasteiger partial charge in [-0.3, -0.25) is 4.79 Å². The minimum absolute atomic E-state index is 0.0142. The van der Waals surface area contributed by atoms with Gasteiger partial charge < -0.3 is 24.8 Å². The van der Waals surface area contributed by atoms with E-state index in [1.165, 1.54) is 0 Å². The molecule has 1 aromatic carbocycles. The average molecular weight is 369 g/mol. The van der Waals surface area contributed by atoms with Crippen LogP contribution >= 0.6 is 0 Å². The molecule has 2 N–H and O–H groups in total. The molecule has 3 heterocycles. The number of nitrogens with zero attached hydrogens (tertiary/aromatic N) is 4. The van der Waals surface area contributed by atoms with Gasteiger partial charge in [-0.25, -0.2) is 4.98 Å². The van der Waals surface area contributed by atoms with Crippen molar-refractivity contribution < 1.29 is 9.90 Å². The van der Waals surface area contributed by atoms with Crippen LogP contribution < -0.4 is 0 Å². The number of phenols is 1. The van der Waals surface area contributed by atoms with Gasteiger partial charge in [0.15, 0.2) is 0 Å². The summed E-state index contributed by atoms with van der Waals surface area (Å²) in [6.45, 7) is 6.18. The lowest BCUT2D eigenvalue weighted by molar-refractivity contribution is -0.132. The summed E-state index contributed by atoms with van der Waals surface area (Å²) in [7, 11) is 2.14. The molecule has 0 radical (unpaired) electrons. The van der Waals surface area contributed by atoms with Crippen LogP contribution in [-0.2, 0) is 11.3 Å². The number of piperazine rings is 1. The van der Waals surface area contributed by atoms with Crippen LogP contribution in [0.4, 0.5) is 0 Å². The van der Waals surface area contributed by atoms with E-state index in [4.69, 9.17) is 0 Å². The van der Waals surface area contributed by atoms with Gasteiger partial charge in [-0.2, -0.15) is 0 Å². The quantitative estimate of drug-likeness (QED) is 0.848. The first kappa shape index (κ1) is 18.0. The van der Waals surface area contributed by atoms with Crippen molar-refractivity contribution in [2.75, 3.05) is 46.3 Å². The van der Waals surface area contributed by atoms with Gasteiger partial charge >= 0.3 is 0 Å². The third-order valence-electron chi connectivity index (χ3n) is 5.70. The van der Waals surface area contributed by atoms with E-state index in [-0.39, 0.29) is 17.6 Å². The molecule has 7 heteroatoms.